The second kappa shape index (κ2) is 5.96. The number of carboxylic acids is 1. The Morgan fingerprint density at radius 3 is 2.48 bits per heavy atom. The van der Waals surface area contributed by atoms with Crippen LogP contribution in [-0.4, -0.2) is 27.7 Å². The average molecular weight is 308 g/mol. The summed E-state index contributed by atoms with van der Waals surface area (Å²) < 4.78 is 7.07. The predicted molar refractivity (Wildman–Crippen MR) is 87.2 cm³/mol. The van der Waals surface area contributed by atoms with Gasteiger partial charge < -0.3 is 14.4 Å². The molecule has 0 fully saturated rings. The number of pyridine rings is 1. The number of rotatable bonds is 4. The average Bonchev–Trinajstić information content (AvgIpc) is 2.93. The van der Waals surface area contributed by atoms with Gasteiger partial charge in [-0.1, -0.05) is 6.07 Å². The van der Waals surface area contributed by atoms with E-state index in [1.807, 2.05) is 47.0 Å². The molecule has 5 heteroatoms. The molecule has 3 aromatic rings. The van der Waals surface area contributed by atoms with Gasteiger partial charge in [0, 0.05) is 17.6 Å². The van der Waals surface area contributed by atoms with Gasteiger partial charge in [-0.3, -0.25) is 4.98 Å². The van der Waals surface area contributed by atoms with Crippen molar-refractivity contribution < 1.29 is 14.6 Å². The van der Waals surface area contributed by atoms with Crippen molar-refractivity contribution in [3.05, 3.63) is 66.0 Å². The first-order valence-electron chi connectivity index (χ1n) is 7.13. The molecule has 1 aromatic carbocycles. The molecule has 2 aromatic heterocycles. The van der Waals surface area contributed by atoms with Crippen molar-refractivity contribution in [1.82, 2.24) is 9.55 Å². The number of benzene rings is 1. The monoisotopic (exact) mass is 308 g/mol. The van der Waals surface area contributed by atoms with Gasteiger partial charge in [0.25, 0.3) is 0 Å². The molecule has 2 heterocycles. The molecule has 0 spiro atoms. The zero-order valence-electron chi connectivity index (χ0n) is 12.9. The first kappa shape index (κ1) is 14.8. The number of ether oxygens (including phenoxy) is 1. The number of hydrogen-bond donors (Lipinski definition) is 1. The number of carboxylic acid groups (broad SMARTS) is 1. The molecular weight excluding hydrogens is 292 g/mol. The van der Waals surface area contributed by atoms with Crippen LogP contribution in [-0.2, 0) is 0 Å². The highest BCUT2D eigenvalue weighted by Gasteiger charge is 2.19. The fraction of sp³-hybridized carbons (Fsp3) is 0.111. The van der Waals surface area contributed by atoms with Crippen molar-refractivity contribution in [2.24, 2.45) is 0 Å². The van der Waals surface area contributed by atoms with Gasteiger partial charge in [0.2, 0.25) is 0 Å². The summed E-state index contributed by atoms with van der Waals surface area (Å²) in [6.45, 7) is 1.79. The normalized spacial score (nSPS) is 10.5. The summed E-state index contributed by atoms with van der Waals surface area (Å²) in [7, 11) is 1.61. The summed E-state index contributed by atoms with van der Waals surface area (Å²) in [5.74, 6) is -0.205. The number of methoxy groups -OCH3 is 1. The number of hydrogen-bond acceptors (Lipinski definition) is 3. The predicted octanol–water partition coefficient (Wildman–Crippen LogP) is 3.55. The molecule has 3 rings (SSSR count). The van der Waals surface area contributed by atoms with Crippen LogP contribution < -0.4 is 4.74 Å². The van der Waals surface area contributed by atoms with Crippen LogP contribution >= 0.6 is 0 Å². The maximum absolute atomic E-state index is 11.5. The van der Waals surface area contributed by atoms with Crippen LogP contribution in [0.5, 0.6) is 5.75 Å². The van der Waals surface area contributed by atoms with Gasteiger partial charge in [0.15, 0.2) is 0 Å². The molecule has 0 aliphatic rings. The van der Waals surface area contributed by atoms with Crippen LogP contribution in [0.15, 0.2) is 54.7 Å². The molecule has 5 nitrogen and oxygen atoms in total. The topological polar surface area (TPSA) is 64.4 Å². The molecule has 0 unspecified atom stereocenters. The van der Waals surface area contributed by atoms with Gasteiger partial charge in [-0.15, -0.1) is 0 Å². The molecule has 0 atom stereocenters. The van der Waals surface area contributed by atoms with E-state index in [9.17, 15) is 9.90 Å². The van der Waals surface area contributed by atoms with Crippen LogP contribution in [0.2, 0.25) is 0 Å². The van der Waals surface area contributed by atoms with Crippen molar-refractivity contribution >= 4 is 5.97 Å². The van der Waals surface area contributed by atoms with E-state index in [1.165, 1.54) is 0 Å². The van der Waals surface area contributed by atoms with Gasteiger partial charge in [0.05, 0.1) is 24.1 Å². The Labute approximate surface area is 133 Å². The molecule has 1 N–H and O–H groups in total. The minimum Gasteiger partial charge on any atom is -0.497 e. The number of carbonyl (C=O) groups is 1. The molecule has 0 saturated carbocycles. The maximum atomic E-state index is 11.5. The van der Waals surface area contributed by atoms with E-state index >= 15 is 0 Å². The Hall–Kier alpha value is -3.08. The molecule has 116 valence electrons. The SMILES string of the molecule is COc1ccc(-n2c(-c3ccccn3)cc(C(=O)O)c2C)cc1. The second-order valence-corrected chi connectivity index (χ2v) is 5.08. The van der Waals surface area contributed by atoms with Crippen molar-refractivity contribution in [2.45, 2.75) is 6.92 Å². The lowest BCUT2D eigenvalue weighted by atomic mass is 10.2. The zero-order chi connectivity index (χ0) is 16.4. The first-order chi connectivity index (χ1) is 11.1. The highest BCUT2D eigenvalue weighted by molar-refractivity contribution is 5.91. The van der Waals surface area contributed by atoms with Gasteiger partial charge >= 0.3 is 5.97 Å². The number of nitrogens with zero attached hydrogens (tertiary/aromatic N) is 2. The highest BCUT2D eigenvalue weighted by atomic mass is 16.5. The van der Waals surface area contributed by atoms with Crippen LogP contribution in [0.4, 0.5) is 0 Å². The molecule has 0 radical (unpaired) electrons. The van der Waals surface area contributed by atoms with Gasteiger partial charge in [-0.05, 0) is 49.4 Å². The first-order valence-corrected chi connectivity index (χ1v) is 7.13. The Kier molecular flexibility index (Phi) is 3.85. The van der Waals surface area contributed by atoms with Crippen molar-refractivity contribution in [1.29, 1.82) is 0 Å². The lowest BCUT2D eigenvalue weighted by Crippen LogP contribution is -2.02. The molecular formula is C18H16N2O3. The summed E-state index contributed by atoms with van der Waals surface area (Å²) >= 11 is 0. The molecule has 0 bridgehead atoms. The molecule has 0 aliphatic heterocycles. The van der Waals surface area contributed by atoms with E-state index in [4.69, 9.17) is 4.74 Å². The second-order valence-electron chi connectivity index (χ2n) is 5.08. The quantitative estimate of drug-likeness (QED) is 0.800. The Morgan fingerprint density at radius 2 is 1.91 bits per heavy atom. The summed E-state index contributed by atoms with van der Waals surface area (Å²) in [5, 5.41) is 9.43. The summed E-state index contributed by atoms with van der Waals surface area (Å²) in [6.07, 6.45) is 1.69. The zero-order valence-corrected chi connectivity index (χ0v) is 12.9. The molecule has 0 saturated heterocycles. The van der Waals surface area contributed by atoms with E-state index < -0.39 is 5.97 Å². The van der Waals surface area contributed by atoms with E-state index in [-0.39, 0.29) is 5.56 Å². The van der Waals surface area contributed by atoms with E-state index in [2.05, 4.69) is 4.98 Å². The molecule has 23 heavy (non-hydrogen) atoms. The largest absolute Gasteiger partial charge is 0.497 e. The lowest BCUT2D eigenvalue weighted by Gasteiger charge is -2.12. The highest BCUT2D eigenvalue weighted by Crippen LogP contribution is 2.29. The van der Waals surface area contributed by atoms with Crippen LogP contribution in [0.1, 0.15) is 16.1 Å². The summed E-state index contributed by atoms with van der Waals surface area (Å²) in [6, 6.07) is 14.7. The number of aromatic nitrogens is 2. The smallest absolute Gasteiger partial charge is 0.337 e. The Morgan fingerprint density at radius 1 is 1.17 bits per heavy atom. The summed E-state index contributed by atoms with van der Waals surface area (Å²) in [5.41, 5.74) is 3.24. The fourth-order valence-corrected chi connectivity index (χ4v) is 2.59. The minimum atomic E-state index is -0.952. The Balaban J connectivity index is 2.23. The fourth-order valence-electron chi connectivity index (χ4n) is 2.59. The van der Waals surface area contributed by atoms with Gasteiger partial charge in [-0.25, -0.2) is 4.79 Å². The Bertz CT molecular complexity index is 837. The third-order valence-corrected chi connectivity index (χ3v) is 3.74. The maximum Gasteiger partial charge on any atom is 0.337 e. The third kappa shape index (κ3) is 2.68. The number of aromatic carboxylic acids is 1. The molecule has 0 aliphatic carbocycles. The third-order valence-electron chi connectivity index (χ3n) is 3.74. The van der Waals surface area contributed by atoms with Crippen molar-refractivity contribution in [3.63, 3.8) is 0 Å². The lowest BCUT2D eigenvalue weighted by molar-refractivity contribution is 0.0696. The van der Waals surface area contributed by atoms with Crippen LogP contribution in [0.3, 0.4) is 0 Å². The van der Waals surface area contributed by atoms with Crippen molar-refractivity contribution in [3.8, 4) is 22.8 Å². The van der Waals surface area contributed by atoms with Gasteiger partial charge in [-0.2, -0.15) is 0 Å². The molecule has 0 amide bonds. The van der Waals surface area contributed by atoms with E-state index in [0.29, 0.717) is 5.69 Å². The minimum absolute atomic E-state index is 0.265. The standard InChI is InChI=1S/C18H16N2O3/c1-12-15(18(21)22)11-17(16-5-3-4-10-19-16)20(12)13-6-8-14(23-2)9-7-13/h3-11H,1-2H3,(H,21,22). The summed E-state index contributed by atoms with van der Waals surface area (Å²) in [4.78, 5) is 15.8. The van der Waals surface area contributed by atoms with Crippen LogP contribution in [0, 0.1) is 6.92 Å². The van der Waals surface area contributed by atoms with Crippen molar-refractivity contribution in [2.75, 3.05) is 7.11 Å². The van der Waals surface area contributed by atoms with E-state index in [0.717, 1.165) is 22.8 Å². The van der Waals surface area contributed by atoms with Gasteiger partial charge in [0.1, 0.15) is 5.75 Å². The van der Waals surface area contributed by atoms with Crippen LogP contribution in [0.25, 0.3) is 17.1 Å². The van der Waals surface area contributed by atoms with E-state index in [1.54, 1.807) is 26.3 Å².